The quantitative estimate of drug-likeness (QED) is 0.779. The van der Waals surface area contributed by atoms with E-state index in [1.165, 1.54) is 12.1 Å². The lowest BCUT2D eigenvalue weighted by Crippen LogP contribution is -2.47. The van der Waals surface area contributed by atoms with E-state index in [-0.39, 0.29) is 23.7 Å². The summed E-state index contributed by atoms with van der Waals surface area (Å²) < 4.78 is 18.1. The van der Waals surface area contributed by atoms with Crippen LogP contribution in [0, 0.1) is 5.82 Å². The van der Waals surface area contributed by atoms with Crippen molar-refractivity contribution in [1.82, 2.24) is 10.6 Å². The molecule has 1 fully saturated rings. The Morgan fingerprint density at radius 2 is 2.14 bits per heavy atom. The first-order chi connectivity index (χ1) is 10.1. The molecule has 21 heavy (non-hydrogen) atoms. The minimum atomic E-state index is -0.304. The molecule has 2 rings (SSSR count). The van der Waals surface area contributed by atoms with Gasteiger partial charge in [0.05, 0.1) is 6.61 Å². The van der Waals surface area contributed by atoms with Crippen LogP contribution in [-0.2, 0) is 9.59 Å². The van der Waals surface area contributed by atoms with E-state index in [2.05, 4.69) is 10.6 Å². The largest absolute Gasteiger partial charge is 0.494 e. The summed E-state index contributed by atoms with van der Waals surface area (Å²) in [5.41, 5.74) is 0. The molecule has 1 aromatic rings. The number of benzene rings is 1. The van der Waals surface area contributed by atoms with E-state index < -0.39 is 0 Å². The van der Waals surface area contributed by atoms with Gasteiger partial charge in [-0.15, -0.1) is 0 Å². The first-order valence-corrected chi connectivity index (χ1v) is 7.08. The Morgan fingerprint density at radius 3 is 2.81 bits per heavy atom. The molecule has 5 nitrogen and oxygen atoms in total. The van der Waals surface area contributed by atoms with E-state index >= 15 is 0 Å². The molecule has 0 bridgehead atoms. The monoisotopic (exact) mass is 294 g/mol. The summed E-state index contributed by atoms with van der Waals surface area (Å²) >= 11 is 0. The Balaban J connectivity index is 1.59. The van der Waals surface area contributed by atoms with Gasteiger partial charge < -0.3 is 15.4 Å². The second-order valence-electron chi connectivity index (χ2n) is 5.01. The van der Waals surface area contributed by atoms with E-state index in [4.69, 9.17) is 4.74 Å². The Bertz CT molecular complexity index is 480. The number of hydrogen-bond donors (Lipinski definition) is 2. The highest BCUT2D eigenvalue weighted by molar-refractivity contribution is 5.78. The predicted octanol–water partition coefficient (Wildman–Crippen LogP) is 1.38. The molecule has 1 aromatic carbocycles. The zero-order chi connectivity index (χ0) is 15.1. The first kappa shape index (κ1) is 15.3. The van der Waals surface area contributed by atoms with E-state index in [0.29, 0.717) is 44.6 Å². The summed E-state index contributed by atoms with van der Waals surface area (Å²) in [5.74, 6) is 0.278. The fourth-order valence-electron chi connectivity index (χ4n) is 2.11. The highest BCUT2D eigenvalue weighted by atomic mass is 19.1. The molecule has 114 valence electrons. The van der Waals surface area contributed by atoms with Gasteiger partial charge in [0, 0.05) is 25.4 Å². The van der Waals surface area contributed by atoms with Crippen molar-refractivity contribution in [2.75, 3.05) is 13.2 Å². The van der Waals surface area contributed by atoms with Crippen LogP contribution in [0.4, 0.5) is 4.39 Å². The van der Waals surface area contributed by atoms with Gasteiger partial charge in [0.25, 0.3) is 0 Å². The Morgan fingerprint density at radius 1 is 1.38 bits per heavy atom. The van der Waals surface area contributed by atoms with Crippen molar-refractivity contribution in [2.45, 2.75) is 31.7 Å². The van der Waals surface area contributed by atoms with E-state index in [0.717, 1.165) is 0 Å². The number of ether oxygens (including phenoxy) is 1. The Labute approximate surface area is 122 Å². The maximum Gasteiger partial charge on any atom is 0.220 e. The van der Waals surface area contributed by atoms with Crippen LogP contribution in [-0.4, -0.2) is 31.0 Å². The van der Waals surface area contributed by atoms with Crippen LogP contribution in [0.1, 0.15) is 25.7 Å². The van der Waals surface area contributed by atoms with Gasteiger partial charge in [-0.2, -0.15) is 0 Å². The van der Waals surface area contributed by atoms with Crippen LogP contribution in [0.2, 0.25) is 0 Å². The topological polar surface area (TPSA) is 67.4 Å². The number of amides is 2. The minimum absolute atomic E-state index is 0.0215. The smallest absolute Gasteiger partial charge is 0.220 e. The molecule has 1 heterocycles. The second-order valence-corrected chi connectivity index (χ2v) is 5.01. The molecule has 0 aromatic heterocycles. The molecule has 1 aliphatic rings. The molecule has 0 saturated carbocycles. The second kappa shape index (κ2) is 7.61. The molecule has 6 heteroatoms. The van der Waals surface area contributed by atoms with Gasteiger partial charge in [0.1, 0.15) is 11.6 Å². The summed E-state index contributed by atoms with van der Waals surface area (Å²) in [4.78, 5) is 22.7. The number of hydrogen-bond acceptors (Lipinski definition) is 3. The number of rotatable bonds is 6. The zero-order valence-corrected chi connectivity index (χ0v) is 11.7. The lowest BCUT2D eigenvalue weighted by molar-refractivity contribution is -0.125. The maximum atomic E-state index is 12.7. The Hall–Kier alpha value is -2.11. The number of carbonyl (C=O) groups excluding carboxylic acids is 2. The zero-order valence-electron chi connectivity index (χ0n) is 11.7. The first-order valence-electron chi connectivity index (χ1n) is 7.08. The SMILES string of the molecule is O=C1CCC(NC(=O)CCCOc2ccc(F)cc2)CN1. The van der Waals surface area contributed by atoms with Crippen LogP contribution < -0.4 is 15.4 Å². The molecule has 0 aliphatic carbocycles. The standard InChI is InChI=1S/C15H19FN2O3/c16-11-3-6-13(7-4-11)21-9-1-2-15(20)18-12-5-8-14(19)17-10-12/h3-4,6-7,12H,1-2,5,8-10H2,(H,17,19)(H,18,20). The molecular formula is C15H19FN2O3. The van der Waals surface area contributed by atoms with Gasteiger partial charge in [0.2, 0.25) is 11.8 Å². The van der Waals surface area contributed by atoms with E-state index in [1.807, 2.05) is 0 Å². The van der Waals surface area contributed by atoms with Crippen LogP contribution in [0.5, 0.6) is 5.75 Å². The van der Waals surface area contributed by atoms with Gasteiger partial charge in [0.15, 0.2) is 0 Å². The highest BCUT2D eigenvalue weighted by Crippen LogP contribution is 2.11. The molecule has 0 spiro atoms. The van der Waals surface area contributed by atoms with E-state index in [1.54, 1.807) is 12.1 Å². The summed E-state index contributed by atoms with van der Waals surface area (Å²) in [7, 11) is 0. The van der Waals surface area contributed by atoms with Crippen molar-refractivity contribution in [2.24, 2.45) is 0 Å². The average molecular weight is 294 g/mol. The van der Waals surface area contributed by atoms with Crippen molar-refractivity contribution in [1.29, 1.82) is 0 Å². The third-order valence-electron chi connectivity index (χ3n) is 3.26. The van der Waals surface area contributed by atoms with Crippen molar-refractivity contribution >= 4 is 11.8 Å². The third kappa shape index (κ3) is 5.41. The van der Waals surface area contributed by atoms with Gasteiger partial charge in [-0.1, -0.05) is 0 Å². The fourth-order valence-corrected chi connectivity index (χ4v) is 2.11. The number of piperidine rings is 1. The number of carbonyl (C=O) groups is 2. The van der Waals surface area contributed by atoms with E-state index in [9.17, 15) is 14.0 Å². The molecule has 0 radical (unpaired) electrons. The molecule has 1 saturated heterocycles. The van der Waals surface area contributed by atoms with Crippen LogP contribution >= 0.6 is 0 Å². The van der Waals surface area contributed by atoms with Gasteiger partial charge >= 0.3 is 0 Å². The summed E-state index contributed by atoms with van der Waals surface area (Å²) in [6.07, 6.45) is 2.09. The molecule has 2 amide bonds. The fraction of sp³-hybridized carbons (Fsp3) is 0.467. The lowest BCUT2D eigenvalue weighted by Gasteiger charge is -2.23. The normalized spacial score (nSPS) is 18.0. The molecule has 1 atom stereocenters. The minimum Gasteiger partial charge on any atom is -0.494 e. The van der Waals surface area contributed by atoms with Gasteiger partial charge in [-0.3, -0.25) is 9.59 Å². The highest BCUT2D eigenvalue weighted by Gasteiger charge is 2.19. The Kier molecular flexibility index (Phi) is 5.54. The van der Waals surface area contributed by atoms with Crippen molar-refractivity contribution < 1.29 is 18.7 Å². The van der Waals surface area contributed by atoms with Crippen LogP contribution in [0.3, 0.4) is 0 Å². The lowest BCUT2D eigenvalue weighted by atomic mass is 10.1. The number of nitrogens with one attached hydrogen (secondary N) is 2. The van der Waals surface area contributed by atoms with Gasteiger partial charge in [-0.05, 0) is 37.1 Å². The van der Waals surface area contributed by atoms with Crippen LogP contribution in [0.15, 0.2) is 24.3 Å². The van der Waals surface area contributed by atoms with Crippen molar-refractivity contribution in [3.05, 3.63) is 30.1 Å². The molecule has 1 unspecified atom stereocenters. The maximum absolute atomic E-state index is 12.7. The van der Waals surface area contributed by atoms with Crippen LogP contribution in [0.25, 0.3) is 0 Å². The number of halogens is 1. The molecule has 1 aliphatic heterocycles. The average Bonchev–Trinajstić information content (AvgIpc) is 2.48. The predicted molar refractivity (Wildman–Crippen MR) is 75.3 cm³/mol. The molecular weight excluding hydrogens is 275 g/mol. The van der Waals surface area contributed by atoms with Gasteiger partial charge in [-0.25, -0.2) is 4.39 Å². The molecule has 2 N–H and O–H groups in total. The van der Waals surface area contributed by atoms with Crippen molar-refractivity contribution in [3.8, 4) is 5.75 Å². The summed E-state index contributed by atoms with van der Waals surface area (Å²) in [5, 5.41) is 5.61. The summed E-state index contributed by atoms with van der Waals surface area (Å²) in [6, 6.07) is 5.80. The summed E-state index contributed by atoms with van der Waals surface area (Å²) in [6.45, 7) is 0.900. The van der Waals surface area contributed by atoms with Crippen molar-refractivity contribution in [3.63, 3.8) is 0 Å². The third-order valence-corrected chi connectivity index (χ3v) is 3.26.